The maximum atomic E-state index is 4.00. The van der Waals surface area contributed by atoms with Gasteiger partial charge in [0.1, 0.15) is 0 Å². The van der Waals surface area contributed by atoms with Crippen molar-refractivity contribution in [1.29, 1.82) is 0 Å². The minimum Gasteiger partial charge on any atom is -0.385 e. The molecule has 0 radical (unpaired) electrons. The van der Waals surface area contributed by atoms with Crippen molar-refractivity contribution in [2.24, 2.45) is 0 Å². The SMILES string of the molecule is CSCCCNc1ccc2cn[nH]c2c1. The fourth-order valence-electron chi connectivity index (χ4n) is 1.50. The van der Waals surface area contributed by atoms with Gasteiger partial charge < -0.3 is 5.32 Å². The lowest BCUT2D eigenvalue weighted by molar-refractivity contribution is 0.993. The Morgan fingerprint density at radius 1 is 1.47 bits per heavy atom. The summed E-state index contributed by atoms with van der Waals surface area (Å²) in [6.07, 6.45) is 5.17. The van der Waals surface area contributed by atoms with Crippen molar-refractivity contribution in [1.82, 2.24) is 10.2 Å². The van der Waals surface area contributed by atoms with Crippen LogP contribution >= 0.6 is 11.8 Å². The van der Waals surface area contributed by atoms with Gasteiger partial charge in [-0.1, -0.05) is 0 Å². The van der Waals surface area contributed by atoms with Gasteiger partial charge in [0.2, 0.25) is 0 Å². The highest BCUT2D eigenvalue weighted by atomic mass is 32.2. The van der Waals surface area contributed by atoms with E-state index in [1.807, 2.05) is 18.0 Å². The van der Waals surface area contributed by atoms with E-state index in [0.717, 1.165) is 23.1 Å². The Balaban J connectivity index is 1.96. The predicted octanol–water partition coefficient (Wildman–Crippen LogP) is 2.73. The second-order valence-electron chi connectivity index (χ2n) is 3.45. The first kappa shape index (κ1) is 10.4. The average molecular weight is 221 g/mol. The number of benzene rings is 1. The summed E-state index contributed by atoms with van der Waals surface area (Å²) in [4.78, 5) is 0. The smallest absolute Gasteiger partial charge is 0.0670 e. The third-order valence-electron chi connectivity index (χ3n) is 2.30. The van der Waals surface area contributed by atoms with E-state index in [9.17, 15) is 0 Å². The van der Waals surface area contributed by atoms with Crippen LogP contribution in [0.5, 0.6) is 0 Å². The van der Waals surface area contributed by atoms with Crippen LogP contribution in [0.1, 0.15) is 6.42 Å². The number of H-pyrrole nitrogens is 1. The Hall–Kier alpha value is -1.16. The molecule has 1 heterocycles. The average Bonchev–Trinajstić information content (AvgIpc) is 2.71. The van der Waals surface area contributed by atoms with Gasteiger partial charge in [0.25, 0.3) is 0 Å². The van der Waals surface area contributed by atoms with E-state index in [1.54, 1.807) is 0 Å². The molecule has 3 nitrogen and oxygen atoms in total. The molecule has 80 valence electrons. The number of anilines is 1. The molecule has 0 spiro atoms. The first-order valence-corrected chi connectivity index (χ1v) is 6.45. The summed E-state index contributed by atoms with van der Waals surface area (Å²) in [5.74, 6) is 1.21. The Labute approximate surface area is 93.6 Å². The van der Waals surface area contributed by atoms with Crippen LogP contribution in [-0.2, 0) is 0 Å². The van der Waals surface area contributed by atoms with Crippen molar-refractivity contribution in [3.8, 4) is 0 Å². The predicted molar refractivity (Wildman–Crippen MR) is 67.6 cm³/mol. The molecule has 0 fully saturated rings. The second kappa shape index (κ2) is 5.07. The fraction of sp³-hybridized carbons (Fsp3) is 0.364. The van der Waals surface area contributed by atoms with Crippen LogP contribution in [0.25, 0.3) is 10.9 Å². The van der Waals surface area contributed by atoms with E-state index in [0.29, 0.717) is 0 Å². The number of nitrogens with one attached hydrogen (secondary N) is 2. The highest BCUT2D eigenvalue weighted by Crippen LogP contribution is 2.16. The number of nitrogens with zero attached hydrogens (tertiary/aromatic N) is 1. The summed E-state index contributed by atoms with van der Waals surface area (Å²) in [6.45, 7) is 1.03. The molecular formula is C11H15N3S. The summed E-state index contributed by atoms with van der Waals surface area (Å²) in [7, 11) is 0. The Bertz CT molecular complexity index is 424. The summed E-state index contributed by atoms with van der Waals surface area (Å²) in [5.41, 5.74) is 2.25. The number of rotatable bonds is 5. The van der Waals surface area contributed by atoms with E-state index in [1.165, 1.54) is 12.2 Å². The fourth-order valence-corrected chi connectivity index (χ4v) is 1.93. The van der Waals surface area contributed by atoms with E-state index in [2.05, 4.69) is 40.0 Å². The quantitative estimate of drug-likeness (QED) is 0.763. The number of aromatic amines is 1. The van der Waals surface area contributed by atoms with Crippen molar-refractivity contribution in [2.45, 2.75) is 6.42 Å². The molecule has 0 saturated heterocycles. The number of aromatic nitrogens is 2. The number of hydrogen-bond acceptors (Lipinski definition) is 3. The normalized spacial score (nSPS) is 10.7. The van der Waals surface area contributed by atoms with Crippen LogP contribution in [0.3, 0.4) is 0 Å². The zero-order chi connectivity index (χ0) is 10.5. The van der Waals surface area contributed by atoms with Crippen molar-refractivity contribution in [3.05, 3.63) is 24.4 Å². The van der Waals surface area contributed by atoms with E-state index >= 15 is 0 Å². The van der Waals surface area contributed by atoms with Crippen molar-refractivity contribution < 1.29 is 0 Å². The van der Waals surface area contributed by atoms with Gasteiger partial charge in [-0.25, -0.2) is 0 Å². The summed E-state index contributed by atoms with van der Waals surface area (Å²) in [6, 6.07) is 6.27. The van der Waals surface area contributed by atoms with Gasteiger partial charge in [-0.15, -0.1) is 0 Å². The highest BCUT2D eigenvalue weighted by molar-refractivity contribution is 7.98. The topological polar surface area (TPSA) is 40.7 Å². The van der Waals surface area contributed by atoms with Crippen LogP contribution in [0.15, 0.2) is 24.4 Å². The second-order valence-corrected chi connectivity index (χ2v) is 4.43. The van der Waals surface area contributed by atoms with Crippen LogP contribution in [0.2, 0.25) is 0 Å². The van der Waals surface area contributed by atoms with Crippen molar-refractivity contribution in [3.63, 3.8) is 0 Å². The Morgan fingerprint density at radius 2 is 2.40 bits per heavy atom. The van der Waals surface area contributed by atoms with Crippen molar-refractivity contribution in [2.75, 3.05) is 23.9 Å². The highest BCUT2D eigenvalue weighted by Gasteiger charge is 1.96. The Morgan fingerprint density at radius 3 is 3.27 bits per heavy atom. The summed E-state index contributed by atoms with van der Waals surface area (Å²) >= 11 is 1.88. The van der Waals surface area contributed by atoms with Gasteiger partial charge in [0.15, 0.2) is 0 Å². The van der Waals surface area contributed by atoms with Gasteiger partial charge in [-0.05, 0) is 36.6 Å². The number of hydrogen-bond donors (Lipinski definition) is 2. The molecule has 0 aliphatic heterocycles. The lowest BCUT2D eigenvalue weighted by atomic mass is 10.2. The molecule has 0 amide bonds. The standard InChI is InChI=1S/C11H15N3S/c1-15-6-2-5-12-10-4-3-9-8-13-14-11(9)7-10/h3-4,7-8,12H,2,5-6H2,1H3,(H,13,14). The first-order valence-electron chi connectivity index (χ1n) is 5.06. The van der Waals surface area contributed by atoms with Gasteiger partial charge in [-0.2, -0.15) is 16.9 Å². The monoisotopic (exact) mass is 221 g/mol. The van der Waals surface area contributed by atoms with Gasteiger partial charge in [0, 0.05) is 17.6 Å². The lowest BCUT2D eigenvalue weighted by Gasteiger charge is -2.05. The molecule has 1 aromatic carbocycles. The zero-order valence-electron chi connectivity index (χ0n) is 8.79. The molecule has 1 aromatic heterocycles. The first-order chi connectivity index (χ1) is 7.40. The summed E-state index contributed by atoms with van der Waals surface area (Å²) in [5, 5.41) is 11.5. The molecule has 0 saturated carbocycles. The van der Waals surface area contributed by atoms with Gasteiger partial charge >= 0.3 is 0 Å². The molecule has 2 aromatic rings. The molecule has 0 bridgehead atoms. The number of fused-ring (bicyclic) bond motifs is 1. The van der Waals surface area contributed by atoms with E-state index < -0.39 is 0 Å². The van der Waals surface area contributed by atoms with Crippen LogP contribution in [0.4, 0.5) is 5.69 Å². The van der Waals surface area contributed by atoms with Crippen LogP contribution in [0, 0.1) is 0 Å². The van der Waals surface area contributed by atoms with Crippen molar-refractivity contribution >= 4 is 28.4 Å². The maximum Gasteiger partial charge on any atom is 0.0670 e. The third-order valence-corrected chi connectivity index (χ3v) is 2.99. The third kappa shape index (κ3) is 2.65. The Kier molecular flexibility index (Phi) is 3.50. The minimum absolute atomic E-state index is 1.03. The zero-order valence-corrected chi connectivity index (χ0v) is 9.60. The molecule has 2 rings (SSSR count). The molecule has 2 N–H and O–H groups in total. The molecule has 0 aliphatic rings. The molecule has 0 aliphatic carbocycles. The molecule has 15 heavy (non-hydrogen) atoms. The van der Waals surface area contributed by atoms with E-state index in [-0.39, 0.29) is 0 Å². The maximum absolute atomic E-state index is 4.00. The van der Waals surface area contributed by atoms with Gasteiger partial charge in [0.05, 0.1) is 11.7 Å². The summed E-state index contributed by atoms with van der Waals surface area (Å²) < 4.78 is 0. The van der Waals surface area contributed by atoms with Gasteiger partial charge in [-0.3, -0.25) is 5.10 Å². The van der Waals surface area contributed by atoms with Crippen LogP contribution in [-0.4, -0.2) is 28.8 Å². The molecule has 0 unspecified atom stereocenters. The van der Waals surface area contributed by atoms with Crippen LogP contribution < -0.4 is 5.32 Å². The minimum atomic E-state index is 1.03. The van der Waals surface area contributed by atoms with E-state index in [4.69, 9.17) is 0 Å². The largest absolute Gasteiger partial charge is 0.385 e. The molecular weight excluding hydrogens is 206 g/mol. The lowest BCUT2D eigenvalue weighted by Crippen LogP contribution is -2.02. The molecule has 0 atom stereocenters. The number of thioether (sulfide) groups is 1. The molecule has 4 heteroatoms.